The van der Waals surface area contributed by atoms with Crippen molar-refractivity contribution in [3.63, 3.8) is 0 Å². The van der Waals surface area contributed by atoms with Crippen molar-refractivity contribution in [1.29, 1.82) is 0 Å². The molecule has 0 aromatic rings. The van der Waals surface area contributed by atoms with Crippen molar-refractivity contribution in [1.82, 2.24) is 10.2 Å². The molecule has 4 nitrogen and oxygen atoms in total. The Labute approximate surface area is 116 Å². The molecule has 1 saturated carbocycles. The average molecular weight is 341 g/mol. The normalized spacial score (nSPS) is 27.8. The predicted octanol–water partition coefficient (Wildman–Crippen LogP) is 1.55. The lowest BCUT2D eigenvalue weighted by Gasteiger charge is -2.51. The van der Waals surface area contributed by atoms with Gasteiger partial charge in [0.1, 0.15) is 0 Å². The second kappa shape index (κ2) is 6.05. The van der Waals surface area contributed by atoms with Crippen LogP contribution >= 0.6 is 24.0 Å². The summed E-state index contributed by atoms with van der Waals surface area (Å²) in [6, 6.07) is 0.448. The zero-order valence-corrected chi connectivity index (χ0v) is 13.4. The molecule has 96 valence electrons. The Kier molecular flexibility index (Phi) is 6.03. The van der Waals surface area contributed by atoms with Crippen LogP contribution in [0, 0.1) is 5.41 Å². The Hall–Kier alpha value is -0.0400. The minimum Gasteiger partial charge on any atom is -0.381 e. The highest BCUT2D eigenvalue weighted by Crippen LogP contribution is 2.42. The topological polar surface area (TPSA) is 36.9 Å². The van der Waals surface area contributed by atoms with Gasteiger partial charge in [0.05, 0.1) is 6.10 Å². The quantitative estimate of drug-likeness (QED) is 0.471. The number of guanidine groups is 1. The van der Waals surface area contributed by atoms with Crippen LogP contribution in [0.1, 0.15) is 20.3 Å². The number of aliphatic imine (C=N–C) groups is 1. The van der Waals surface area contributed by atoms with Crippen molar-refractivity contribution < 1.29 is 4.74 Å². The van der Waals surface area contributed by atoms with E-state index < -0.39 is 0 Å². The summed E-state index contributed by atoms with van der Waals surface area (Å²) in [5, 5.41) is 3.45. The number of nitrogens with one attached hydrogen (secondary N) is 1. The molecule has 2 unspecified atom stereocenters. The number of rotatable bonds is 2. The van der Waals surface area contributed by atoms with Crippen LogP contribution in [0.15, 0.2) is 4.99 Å². The van der Waals surface area contributed by atoms with Crippen LogP contribution in [0.3, 0.4) is 0 Å². The standard InChI is InChI=1S/C11H23N3O.HI/c1-11(2)8(7-9(11)15-6)13-10(12-3)14(4)5;/h8-9H,7H2,1-6H3,(H,12,13);1H. The highest BCUT2D eigenvalue weighted by Gasteiger charge is 2.49. The van der Waals surface area contributed by atoms with Gasteiger partial charge in [-0.05, 0) is 6.42 Å². The van der Waals surface area contributed by atoms with E-state index in [1.165, 1.54) is 0 Å². The molecule has 0 heterocycles. The van der Waals surface area contributed by atoms with Gasteiger partial charge in [0, 0.05) is 39.7 Å². The van der Waals surface area contributed by atoms with Crippen LogP contribution in [0.25, 0.3) is 0 Å². The second-order valence-electron chi connectivity index (χ2n) is 4.92. The fraction of sp³-hybridized carbons (Fsp3) is 0.909. The van der Waals surface area contributed by atoms with Crippen molar-refractivity contribution in [3.05, 3.63) is 0 Å². The van der Waals surface area contributed by atoms with Crippen molar-refractivity contribution in [2.24, 2.45) is 10.4 Å². The third kappa shape index (κ3) is 3.00. The average Bonchev–Trinajstić information content (AvgIpc) is 2.16. The minimum atomic E-state index is 0. The molecule has 0 aliphatic heterocycles. The minimum absolute atomic E-state index is 0. The Morgan fingerprint density at radius 2 is 2.00 bits per heavy atom. The van der Waals surface area contributed by atoms with E-state index >= 15 is 0 Å². The molecule has 1 fully saturated rings. The molecule has 0 saturated heterocycles. The van der Waals surface area contributed by atoms with Gasteiger partial charge in [-0.2, -0.15) is 0 Å². The van der Waals surface area contributed by atoms with Gasteiger partial charge in [0.25, 0.3) is 0 Å². The lowest BCUT2D eigenvalue weighted by molar-refractivity contribution is -0.0926. The van der Waals surface area contributed by atoms with E-state index in [0.29, 0.717) is 12.1 Å². The first-order valence-electron chi connectivity index (χ1n) is 5.37. The van der Waals surface area contributed by atoms with Gasteiger partial charge in [-0.25, -0.2) is 0 Å². The first-order valence-corrected chi connectivity index (χ1v) is 5.37. The first kappa shape index (κ1) is 16.0. The van der Waals surface area contributed by atoms with Crippen molar-refractivity contribution in [2.75, 3.05) is 28.3 Å². The summed E-state index contributed by atoms with van der Waals surface area (Å²) >= 11 is 0. The maximum Gasteiger partial charge on any atom is 0.193 e. The summed E-state index contributed by atoms with van der Waals surface area (Å²) in [5.41, 5.74) is 0.181. The fourth-order valence-electron chi connectivity index (χ4n) is 2.08. The van der Waals surface area contributed by atoms with Crippen LogP contribution in [0.4, 0.5) is 0 Å². The number of methoxy groups -OCH3 is 1. The zero-order chi connectivity index (χ0) is 11.6. The molecule has 1 N–H and O–H groups in total. The molecular formula is C11H24IN3O. The Bertz CT molecular complexity index is 254. The smallest absolute Gasteiger partial charge is 0.193 e. The molecule has 0 bridgehead atoms. The van der Waals surface area contributed by atoms with Crippen molar-refractivity contribution in [3.8, 4) is 0 Å². The van der Waals surface area contributed by atoms with Gasteiger partial charge >= 0.3 is 0 Å². The third-order valence-electron chi connectivity index (χ3n) is 3.40. The zero-order valence-electron chi connectivity index (χ0n) is 11.1. The summed E-state index contributed by atoms with van der Waals surface area (Å²) in [4.78, 5) is 6.21. The van der Waals surface area contributed by atoms with Crippen LogP contribution in [0.5, 0.6) is 0 Å². The molecule has 1 rings (SSSR count). The summed E-state index contributed by atoms with van der Waals surface area (Å²) in [6.07, 6.45) is 1.41. The number of hydrogen-bond donors (Lipinski definition) is 1. The van der Waals surface area contributed by atoms with E-state index in [2.05, 4.69) is 24.2 Å². The van der Waals surface area contributed by atoms with E-state index in [0.717, 1.165) is 12.4 Å². The maximum atomic E-state index is 5.41. The number of halogens is 1. The second-order valence-corrected chi connectivity index (χ2v) is 4.92. The maximum absolute atomic E-state index is 5.41. The Morgan fingerprint density at radius 1 is 1.44 bits per heavy atom. The van der Waals surface area contributed by atoms with E-state index in [9.17, 15) is 0 Å². The summed E-state index contributed by atoms with van der Waals surface area (Å²) in [7, 11) is 7.58. The van der Waals surface area contributed by atoms with E-state index in [1.54, 1.807) is 7.11 Å². The SMILES string of the molecule is CN=C(NC1CC(OC)C1(C)C)N(C)C.I. The lowest BCUT2D eigenvalue weighted by atomic mass is 9.64. The largest absolute Gasteiger partial charge is 0.381 e. The number of ether oxygens (including phenoxy) is 1. The third-order valence-corrected chi connectivity index (χ3v) is 3.40. The summed E-state index contributed by atoms with van der Waals surface area (Å²) in [5.74, 6) is 0.933. The van der Waals surface area contributed by atoms with E-state index in [-0.39, 0.29) is 29.4 Å². The lowest BCUT2D eigenvalue weighted by Crippen LogP contribution is -2.63. The van der Waals surface area contributed by atoms with Gasteiger partial charge in [-0.1, -0.05) is 13.8 Å². The first-order chi connectivity index (χ1) is 6.93. The van der Waals surface area contributed by atoms with Crippen LogP contribution < -0.4 is 5.32 Å². The molecule has 0 spiro atoms. The molecular weight excluding hydrogens is 317 g/mol. The Balaban J connectivity index is 0.00000225. The van der Waals surface area contributed by atoms with Crippen LogP contribution in [-0.2, 0) is 4.74 Å². The van der Waals surface area contributed by atoms with Gasteiger partial charge in [-0.3, -0.25) is 4.99 Å². The van der Waals surface area contributed by atoms with Crippen LogP contribution in [0.2, 0.25) is 0 Å². The molecule has 16 heavy (non-hydrogen) atoms. The highest BCUT2D eigenvalue weighted by molar-refractivity contribution is 14.0. The Morgan fingerprint density at radius 3 is 2.31 bits per heavy atom. The molecule has 0 radical (unpaired) electrons. The van der Waals surface area contributed by atoms with Gasteiger partial charge in [0.15, 0.2) is 5.96 Å². The fourth-order valence-corrected chi connectivity index (χ4v) is 2.08. The number of nitrogens with zero attached hydrogens (tertiary/aromatic N) is 2. The van der Waals surface area contributed by atoms with Gasteiger partial charge in [0.2, 0.25) is 0 Å². The molecule has 5 heteroatoms. The van der Waals surface area contributed by atoms with Crippen LogP contribution in [-0.4, -0.2) is 51.3 Å². The highest BCUT2D eigenvalue weighted by atomic mass is 127. The molecule has 1 aliphatic carbocycles. The van der Waals surface area contributed by atoms with Crippen molar-refractivity contribution >= 4 is 29.9 Å². The van der Waals surface area contributed by atoms with E-state index in [1.807, 2.05) is 26.0 Å². The van der Waals surface area contributed by atoms with Gasteiger partial charge in [-0.15, -0.1) is 24.0 Å². The molecule has 0 amide bonds. The predicted molar refractivity (Wildman–Crippen MR) is 78.6 cm³/mol. The molecule has 0 aromatic heterocycles. The molecule has 2 atom stereocenters. The monoisotopic (exact) mass is 341 g/mol. The molecule has 0 aromatic carbocycles. The number of hydrogen-bond acceptors (Lipinski definition) is 2. The summed E-state index contributed by atoms with van der Waals surface area (Å²) in [6.45, 7) is 4.45. The summed E-state index contributed by atoms with van der Waals surface area (Å²) < 4.78 is 5.41. The van der Waals surface area contributed by atoms with Crippen molar-refractivity contribution in [2.45, 2.75) is 32.4 Å². The van der Waals surface area contributed by atoms with E-state index in [4.69, 9.17) is 4.74 Å². The van der Waals surface area contributed by atoms with Gasteiger partial charge < -0.3 is 15.0 Å². The molecule has 1 aliphatic rings.